The summed E-state index contributed by atoms with van der Waals surface area (Å²) in [5, 5.41) is 3.86. The minimum atomic E-state index is 0.470. The maximum atomic E-state index is 3.86. The van der Waals surface area contributed by atoms with E-state index in [9.17, 15) is 0 Å². The van der Waals surface area contributed by atoms with Gasteiger partial charge in [-0.25, -0.2) is 0 Å². The monoisotopic (exact) mass is 238 g/mol. The Bertz CT molecular complexity index is 233. The summed E-state index contributed by atoms with van der Waals surface area (Å²) in [7, 11) is 0. The molecule has 0 aromatic heterocycles. The van der Waals surface area contributed by atoms with Gasteiger partial charge in [0, 0.05) is 18.1 Å². The standard InChI is InChI=1S/C15H30N2/c1-4-13(2)14(3)17-11-7-10-16-15(12-17)8-5-6-9-15/h13-14,16H,4-12H2,1-3H3. The molecule has 0 radical (unpaired) electrons. The highest BCUT2D eigenvalue weighted by Gasteiger charge is 2.37. The van der Waals surface area contributed by atoms with Gasteiger partial charge in [0.25, 0.3) is 0 Å². The van der Waals surface area contributed by atoms with Gasteiger partial charge in [0.15, 0.2) is 0 Å². The van der Waals surface area contributed by atoms with Crippen LogP contribution in [0, 0.1) is 5.92 Å². The van der Waals surface area contributed by atoms with Crippen molar-refractivity contribution in [1.82, 2.24) is 10.2 Å². The Kier molecular flexibility index (Phi) is 4.48. The summed E-state index contributed by atoms with van der Waals surface area (Å²) < 4.78 is 0. The Morgan fingerprint density at radius 2 is 1.88 bits per heavy atom. The maximum Gasteiger partial charge on any atom is 0.0308 e. The predicted octanol–water partition coefficient (Wildman–Crippen LogP) is 3.03. The first-order chi connectivity index (χ1) is 8.17. The van der Waals surface area contributed by atoms with Crippen LogP contribution in [0.15, 0.2) is 0 Å². The summed E-state index contributed by atoms with van der Waals surface area (Å²) in [6.45, 7) is 11.0. The van der Waals surface area contributed by atoms with Crippen LogP contribution in [-0.4, -0.2) is 36.1 Å². The molecule has 1 saturated carbocycles. The Balaban J connectivity index is 2.01. The summed E-state index contributed by atoms with van der Waals surface area (Å²) in [6, 6.07) is 0.748. The smallest absolute Gasteiger partial charge is 0.0308 e. The largest absolute Gasteiger partial charge is 0.310 e. The van der Waals surface area contributed by atoms with Crippen LogP contribution in [-0.2, 0) is 0 Å². The highest BCUT2D eigenvalue weighted by atomic mass is 15.2. The van der Waals surface area contributed by atoms with Gasteiger partial charge in [-0.15, -0.1) is 0 Å². The number of hydrogen-bond donors (Lipinski definition) is 1. The Morgan fingerprint density at radius 1 is 1.18 bits per heavy atom. The fourth-order valence-corrected chi connectivity index (χ4v) is 3.59. The van der Waals surface area contributed by atoms with Gasteiger partial charge >= 0.3 is 0 Å². The number of rotatable bonds is 3. The normalized spacial score (nSPS) is 29.1. The van der Waals surface area contributed by atoms with Crippen molar-refractivity contribution in [2.24, 2.45) is 5.92 Å². The predicted molar refractivity (Wildman–Crippen MR) is 74.3 cm³/mol. The molecule has 1 aliphatic heterocycles. The fourth-order valence-electron chi connectivity index (χ4n) is 3.59. The SMILES string of the molecule is CCC(C)C(C)N1CCCNC2(CCCC2)C1. The van der Waals surface area contributed by atoms with Crippen LogP contribution in [0.5, 0.6) is 0 Å². The van der Waals surface area contributed by atoms with Crippen molar-refractivity contribution in [3.63, 3.8) is 0 Å². The van der Waals surface area contributed by atoms with E-state index in [1.807, 2.05) is 0 Å². The second kappa shape index (κ2) is 5.71. The molecule has 2 heteroatoms. The van der Waals surface area contributed by atoms with E-state index < -0.39 is 0 Å². The molecular formula is C15H30N2. The van der Waals surface area contributed by atoms with Gasteiger partial charge in [-0.2, -0.15) is 0 Å². The van der Waals surface area contributed by atoms with Crippen molar-refractivity contribution >= 4 is 0 Å². The van der Waals surface area contributed by atoms with Crippen molar-refractivity contribution in [3.8, 4) is 0 Å². The molecule has 100 valence electrons. The van der Waals surface area contributed by atoms with Crippen molar-refractivity contribution in [2.45, 2.75) is 70.9 Å². The van der Waals surface area contributed by atoms with Crippen LogP contribution >= 0.6 is 0 Å². The zero-order valence-corrected chi connectivity index (χ0v) is 12.0. The van der Waals surface area contributed by atoms with Crippen LogP contribution in [0.2, 0.25) is 0 Å². The summed E-state index contributed by atoms with van der Waals surface area (Å²) in [6.07, 6.45) is 8.28. The molecule has 17 heavy (non-hydrogen) atoms. The molecule has 2 aliphatic rings. The van der Waals surface area contributed by atoms with E-state index in [-0.39, 0.29) is 0 Å². The minimum Gasteiger partial charge on any atom is -0.310 e. The maximum absolute atomic E-state index is 3.86. The lowest BCUT2D eigenvalue weighted by Crippen LogP contribution is -2.52. The molecule has 1 saturated heterocycles. The first kappa shape index (κ1) is 13.4. The van der Waals surface area contributed by atoms with E-state index >= 15 is 0 Å². The summed E-state index contributed by atoms with van der Waals surface area (Å²) in [5.41, 5.74) is 0.470. The molecule has 1 heterocycles. The molecule has 2 unspecified atom stereocenters. The van der Waals surface area contributed by atoms with E-state index in [0.717, 1.165) is 12.0 Å². The number of nitrogens with one attached hydrogen (secondary N) is 1. The Labute approximate surface area is 107 Å². The Hall–Kier alpha value is -0.0800. The second-order valence-electron chi connectivity index (χ2n) is 6.36. The van der Waals surface area contributed by atoms with E-state index in [0.29, 0.717) is 5.54 Å². The summed E-state index contributed by atoms with van der Waals surface area (Å²) in [4.78, 5) is 2.76. The van der Waals surface area contributed by atoms with Crippen LogP contribution in [0.4, 0.5) is 0 Å². The quantitative estimate of drug-likeness (QED) is 0.813. The van der Waals surface area contributed by atoms with Crippen molar-refractivity contribution in [3.05, 3.63) is 0 Å². The average molecular weight is 238 g/mol. The van der Waals surface area contributed by atoms with Crippen LogP contribution in [0.25, 0.3) is 0 Å². The molecule has 1 N–H and O–H groups in total. The topological polar surface area (TPSA) is 15.3 Å². The Morgan fingerprint density at radius 3 is 2.53 bits per heavy atom. The van der Waals surface area contributed by atoms with Gasteiger partial charge < -0.3 is 5.32 Å². The van der Waals surface area contributed by atoms with Gasteiger partial charge in [-0.05, 0) is 45.2 Å². The molecule has 1 spiro atoms. The van der Waals surface area contributed by atoms with Crippen LogP contribution in [0.3, 0.4) is 0 Å². The molecular weight excluding hydrogens is 208 g/mol. The first-order valence-electron chi connectivity index (χ1n) is 7.66. The van der Waals surface area contributed by atoms with E-state index in [1.165, 1.54) is 58.2 Å². The molecule has 2 rings (SSSR count). The average Bonchev–Trinajstić information content (AvgIpc) is 2.68. The molecule has 2 nitrogen and oxygen atoms in total. The van der Waals surface area contributed by atoms with Crippen molar-refractivity contribution < 1.29 is 0 Å². The van der Waals surface area contributed by atoms with Gasteiger partial charge in [0.1, 0.15) is 0 Å². The zero-order valence-electron chi connectivity index (χ0n) is 12.0. The van der Waals surface area contributed by atoms with Crippen molar-refractivity contribution in [2.75, 3.05) is 19.6 Å². The molecule has 1 aliphatic carbocycles. The summed E-state index contributed by atoms with van der Waals surface area (Å²) >= 11 is 0. The zero-order chi connectivity index (χ0) is 12.3. The molecule has 0 aromatic carbocycles. The van der Waals surface area contributed by atoms with E-state index in [1.54, 1.807) is 0 Å². The van der Waals surface area contributed by atoms with Crippen LogP contribution in [0.1, 0.15) is 59.3 Å². The van der Waals surface area contributed by atoms with Gasteiger partial charge in [0.2, 0.25) is 0 Å². The lowest BCUT2D eigenvalue weighted by Gasteiger charge is -2.38. The highest BCUT2D eigenvalue weighted by Crippen LogP contribution is 2.33. The fraction of sp³-hybridized carbons (Fsp3) is 1.00. The van der Waals surface area contributed by atoms with E-state index in [4.69, 9.17) is 0 Å². The molecule has 0 bridgehead atoms. The third kappa shape index (κ3) is 3.03. The summed E-state index contributed by atoms with van der Waals surface area (Å²) in [5.74, 6) is 0.826. The third-order valence-electron chi connectivity index (χ3n) is 5.23. The molecule has 0 aromatic rings. The first-order valence-corrected chi connectivity index (χ1v) is 7.66. The van der Waals surface area contributed by atoms with Gasteiger partial charge in [-0.1, -0.05) is 33.1 Å². The molecule has 2 fully saturated rings. The van der Waals surface area contributed by atoms with Gasteiger partial charge in [0.05, 0.1) is 0 Å². The minimum absolute atomic E-state index is 0.470. The number of hydrogen-bond acceptors (Lipinski definition) is 2. The van der Waals surface area contributed by atoms with Crippen molar-refractivity contribution in [1.29, 1.82) is 0 Å². The number of nitrogens with zero attached hydrogens (tertiary/aromatic N) is 1. The molecule has 0 amide bonds. The van der Waals surface area contributed by atoms with E-state index in [2.05, 4.69) is 31.0 Å². The third-order valence-corrected chi connectivity index (χ3v) is 5.23. The highest BCUT2D eigenvalue weighted by molar-refractivity contribution is 4.97. The van der Waals surface area contributed by atoms with Crippen LogP contribution < -0.4 is 5.32 Å². The van der Waals surface area contributed by atoms with Gasteiger partial charge in [-0.3, -0.25) is 4.90 Å². The lowest BCUT2D eigenvalue weighted by atomic mass is 9.94. The lowest BCUT2D eigenvalue weighted by molar-refractivity contribution is 0.129. The molecule has 2 atom stereocenters. The second-order valence-corrected chi connectivity index (χ2v) is 6.36.